The minimum absolute atomic E-state index is 0.224. The number of nitrogens with zero attached hydrogens (tertiary/aromatic N) is 1. The molecule has 0 aromatic carbocycles. The quantitative estimate of drug-likeness (QED) is 0.613. The van der Waals surface area contributed by atoms with Gasteiger partial charge in [-0.05, 0) is 13.5 Å². The summed E-state index contributed by atoms with van der Waals surface area (Å²) in [5.41, 5.74) is 4.94. The van der Waals surface area contributed by atoms with E-state index in [0.29, 0.717) is 5.56 Å². The number of hydrogen-bond donors (Lipinski definition) is 3. The zero-order valence-corrected chi connectivity index (χ0v) is 11.1. The standard InChI is InChI=1S/C11H16ClN3O4/c1-5-3-15(11(18)14-9(5)17)10-8(12)6(2-13)7(4-16)19-10/h3,6-8,10,16H,2,4,13H2,1H3,(H,14,17,18)/t6-,7-,8-,10-/m1/s1. The SMILES string of the molecule is Cc1cn([C@@H]2O[C@H](CO)[C@@H](CN)[C@H]2Cl)c(=O)[nH]c1=O. The van der Waals surface area contributed by atoms with Gasteiger partial charge in [0.15, 0.2) is 6.23 Å². The van der Waals surface area contributed by atoms with Crippen LogP contribution in [0.1, 0.15) is 11.8 Å². The van der Waals surface area contributed by atoms with Gasteiger partial charge in [-0.1, -0.05) is 0 Å². The van der Waals surface area contributed by atoms with Gasteiger partial charge in [0.25, 0.3) is 5.56 Å². The second-order valence-corrected chi connectivity index (χ2v) is 5.07. The fourth-order valence-electron chi connectivity index (χ4n) is 2.23. The van der Waals surface area contributed by atoms with Crippen LogP contribution in [0.25, 0.3) is 0 Å². The Morgan fingerprint density at radius 1 is 1.58 bits per heavy atom. The molecular weight excluding hydrogens is 274 g/mol. The number of aliphatic hydroxyl groups excluding tert-OH is 1. The summed E-state index contributed by atoms with van der Waals surface area (Å²) in [6.07, 6.45) is 0.126. The van der Waals surface area contributed by atoms with Crippen molar-refractivity contribution in [3.63, 3.8) is 0 Å². The van der Waals surface area contributed by atoms with Crippen LogP contribution in [0.2, 0.25) is 0 Å². The van der Waals surface area contributed by atoms with Crippen molar-refractivity contribution in [2.75, 3.05) is 13.2 Å². The van der Waals surface area contributed by atoms with Gasteiger partial charge in [0.05, 0.1) is 18.1 Å². The third-order valence-electron chi connectivity index (χ3n) is 3.35. The van der Waals surface area contributed by atoms with E-state index in [2.05, 4.69) is 4.98 Å². The van der Waals surface area contributed by atoms with Crippen LogP contribution in [-0.2, 0) is 4.74 Å². The van der Waals surface area contributed by atoms with E-state index in [-0.39, 0.29) is 19.1 Å². The van der Waals surface area contributed by atoms with Crippen molar-refractivity contribution in [2.24, 2.45) is 11.7 Å². The van der Waals surface area contributed by atoms with Gasteiger partial charge in [-0.2, -0.15) is 0 Å². The van der Waals surface area contributed by atoms with Crippen LogP contribution in [0.5, 0.6) is 0 Å². The first kappa shape index (κ1) is 14.3. The Morgan fingerprint density at radius 3 is 2.79 bits per heavy atom. The van der Waals surface area contributed by atoms with Crippen LogP contribution < -0.4 is 17.0 Å². The second-order valence-electron chi connectivity index (χ2n) is 4.57. The van der Waals surface area contributed by atoms with Crippen LogP contribution >= 0.6 is 11.6 Å². The van der Waals surface area contributed by atoms with Crippen molar-refractivity contribution in [1.29, 1.82) is 0 Å². The molecule has 19 heavy (non-hydrogen) atoms. The van der Waals surface area contributed by atoms with Crippen molar-refractivity contribution < 1.29 is 9.84 Å². The molecule has 0 saturated carbocycles. The summed E-state index contributed by atoms with van der Waals surface area (Å²) in [6, 6.07) is 0. The zero-order valence-electron chi connectivity index (χ0n) is 10.4. The molecule has 0 bridgehead atoms. The lowest BCUT2D eigenvalue weighted by Gasteiger charge is -2.17. The number of rotatable bonds is 3. The Morgan fingerprint density at radius 2 is 2.26 bits per heavy atom. The van der Waals surface area contributed by atoms with E-state index in [1.54, 1.807) is 6.92 Å². The molecule has 106 valence electrons. The van der Waals surface area contributed by atoms with Gasteiger partial charge in [0.1, 0.15) is 0 Å². The van der Waals surface area contributed by atoms with Gasteiger partial charge < -0.3 is 15.6 Å². The maximum Gasteiger partial charge on any atom is 0.330 e. The highest BCUT2D eigenvalue weighted by Gasteiger charge is 2.43. The zero-order chi connectivity index (χ0) is 14.2. The summed E-state index contributed by atoms with van der Waals surface area (Å²) in [7, 11) is 0. The molecule has 2 heterocycles. The number of aromatic nitrogens is 2. The van der Waals surface area contributed by atoms with E-state index in [9.17, 15) is 14.7 Å². The summed E-state index contributed by atoms with van der Waals surface area (Å²) in [6.45, 7) is 1.60. The van der Waals surface area contributed by atoms with Gasteiger partial charge in [-0.15, -0.1) is 11.6 Å². The molecule has 1 aromatic rings. The minimum atomic E-state index is -0.754. The summed E-state index contributed by atoms with van der Waals surface area (Å²) in [5.74, 6) is -0.254. The highest BCUT2D eigenvalue weighted by molar-refractivity contribution is 6.21. The van der Waals surface area contributed by atoms with Crippen LogP contribution in [0.3, 0.4) is 0 Å². The maximum absolute atomic E-state index is 11.8. The lowest BCUT2D eigenvalue weighted by atomic mass is 10.0. The molecule has 1 aliphatic rings. The van der Waals surface area contributed by atoms with E-state index in [4.69, 9.17) is 22.1 Å². The number of aryl methyl sites for hydroxylation is 1. The van der Waals surface area contributed by atoms with Crippen molar-refractivity contribution in [3.05, 3.63) is 32.6 Å². The average molecular weight is 290 g/mol. The Labute approximate surface area is 114 Å². The normalized spacial score (nSPS) is 30.7. The van der Waals surface area contributed by atoms with E-state index in [1.165, 1.54) is 10.8 Å². The summed E-state index contributed by atoms with van der Waals surface area (Å²) in [4.78, 5) is 25.3. The van der Waals surface area contributed by atoms with Crippen LogP contribution in [-0.4, -0.2) is 39.3 Å². The molecule has 2 rings (SSSR count). The molecule has 1 saturated heterocycles. The lowest BCUT2D eigenvalue weighted by Crippen LogP contribution is -2.36. The predicted molar refractivity (Wildman–Crippen MR) is 69.2 cm³/mol. The van der Waals surface area contributed by atoms with Gasteiger partial charge in [0, 0.05) is 17.7 Å². The molecular formula is C11H16ClN3O4. The van der Waals surface area contributed by atoms with Crippen LogP contribution in [0.15, 0.2) is 15.8 Å². The molecule has 0 radical (unpaired) electrons. The second kappa shape index (κ2) is 5.46. The molecule has 1 aliphatic heterocycles. The fraction of sp³-hybridized carbons (Fsp3) is 0.636. The largest absolute Gasteiger partial charge is 0.394 e. The lowest BCUT2D eigenvalue weighted by molar-refractivity contribution is -0.0315. The topological polar surface area (TPSA) is 110 Å². The summed E-state index contributed by atoms with van der Waals surface area (Å²) >= 11 is 6.25. The fourth-order valence-corrected chi connectivity index (χ4v) is 2.67. The maximum atomic E-state index is 11.8. The Kier molecular flexibility index (Phi) is 4.10. The molecule has 0 unspecified atom stereocenters. The monoisotopic (exact) mass is 289 g/mol. The first-order valence-electron chi connectivity index (χ1n) is 5.92. The Bertz CT molecular complexity index is 570. The van der Waals surface area contributed by atoms with E-state index >= 15 is 0 Å². The van der Waals surface area contributed by atoms with Crippen molar-refractivity contribution >= 4 is 11.6 Å². The average Bonchev–Trinajstić information content (AvgIpc) is 2.70. The summed E-state index contributed by atoms with van der Waals surface area (Å²) < 4.78 is 6.80. The van der Waals surface area contributed by atoms with Gasteiger partial charge >= 0.3 is 5.69 Å². The number of H-pyrrole nitrogens is 1. The predicted octanol–water partition coefficient (Wildman–Crippen LogP) is -1.08. The van der Waals surface area contributed by atoms with Gasteiger partial charge in [0.2, 0.25) is 0 Å². The van der Waals surface area contributed by atoms with Gasteiger partial charge in [-0.3, -0.25) is 14.3 Å². The molecule has 7 nitrogen and oxygen atoms in total. The number of nitrogens with one attached hydrogen (secondary N) is 1. The van der Waals surface area contributed by atoms with E-state index in [1.807, 2.05) is 0 Å². The third-order valence-corrected chi connectivity index (χ3v) is 3.88. The van der Waals surface area contributed by atoms with E-state index in [0.717, 1.165) is 0 Å². The minimum Gasteiger partial charge on any atom is -0.394 e. The van der Waals surface area contributed by atoms with Crippen LogP contribution in [0.4, 0.5) is 0 Å². The molecule has 8 heteroatoms. The number of hydrogen-bond acceptors (Lipinski definition) is 5. The van der Waals surface area contributed by atoms with Crippen molar-refractivity contribution in [3.8, 4) is 0 Å². The summed E-state index contributed by atoms with van der Waals surface area (Å²) in [5, 5.41) is 8.68. The van der Waals surface area contributed by atoms with Gasteiger partial charge in [-0.25, -0.2) is 4.79 Å². The highest BCUT2D eigenvalue weighted by Crippen LogP contribution is 2.36. The first-order valence-corrected chi connectivity index (χ1v) is 6.35. The smallest absolute Gasteiger partial charge is 0.330 e. The Balaban J connectivity index is 2.41. The van der Waals surface area contributed by atoms with Crippen molar-refractivity contribution in [1.82, 2.24) is 9.55 Å². The molecule has 4 atom stereocenters. The molecule has 1 aromatic heterocycles. The Hall–Kier alpha value is -1.15. The third kappa shape index (κ3) is 2.46. The number of halogens is 1. The number of ether oxygens (including phenoxy) is 1. The molecule has 0 amide bonds. The van der Waals surface area contributed by atoms with Crippen LogP contribution in [0, 0.1) is 12.8 Å². The number of alkyl halides is 1. The molecule has 1 fully saturated rings. The molecule has 4 N–H and O–H groups in total. The first-order chi connectivity index (χ1) is 8.99. The molecule has 0 aliphatic carbocycles. The number of aliphatic hydroxyl groups is 1. The highest BCUT2D eigenvalue weighted by atomic mass is 35.5. The van der Waals surface area contributed by atoms with E-state index < -0.39 is 29.0 Å². The molecule has 0 spiro atoms. The number of nitrogens with two attached hydrogens (primary N) is 1. The van der Waals surface area contributed by atoms with Crippen molar-refractivity contribution in [2.45, 2.75) is 24.6 Å². The number of aromatic amines is 1.